The molecule has 2 aromatic carbocycles. The van der Waals surface area contributed by atoms with Crippen molar-refractivity contribution in [3.05, 3.63) is 77.5 Å². The van der Waals surface area contributed by atoms with E-state index in [1.807, 2.05) is 4.90 Å². The Bertz CT molecular complexity index is 1540. The number of aliphatic carboxylic acids is 1. The third-order valence-electron chi connectivity index (χ3n) is 8.07. The molecule has 0 unspecified atom stereocenters. The quantitative estimate of drug-likeness (QED) is 0.240. The van der Waals surface area contributed by atoms with Gasteiger partial charge in [0.15, 0.2) is 0 Å². The number of carboxylic acids is 1. The fraction of sp³-hybridized carbons (Fsp3) is 0.387. The number of piperazine rings is 1. The zero-order valence-electron chi connectivity index (χ0n) is 25.3. The fourth-order valence-corrected chi connectivity index (χ4v) is 5.79. The van der Waals surface area contributed by atoms with Crippen molar-refractivity contribution in [2.45, 2.75) is 37.8 Å². The molecule has 17 heteroatoms. The number of carboxylic acid groups (broad SMARTS) is 1. The second-order valence-electron chi connectivity index (χ2n) is 11.1. The number of aromatic nitrogens is 1. The van der Waals surface area contributed by atoms with Crippen LogP contribution in [0.15, 0.2) is 60.8 Å². The van der Waals surface area contributed by atoms with Crippen LogP contribution < -0.4 is 10.2 Å². The highest BCUT2D eigenvalue weighted by molar-refractivity contribution is 6.04. The number of carbonyl (C=O) groups is 2. The van der Waals surface area contributed by atoms with Crippen LogP contribution in [0, 0.1) is 0 Å². The van der Waals surface area contributed by atoms with Gasteiger partial charge in [0.05, 0.1) is 12.1 Å². The van der Waals surface area contributed by atoms with E-state index in [4.69, 9.17) is 5.11 Å². The van der Waals surface area contributed by atoms with E-state index >= 15 is 0 Å². The van der Waals surface area contributed by atoms with E-state index in [0.717, 1.165) is 17.8 Å². The maximum absolute atomic E-state index is 13.7. The van der Waals surface area contributed by atoms with Gasteiger partial charge >= 0.3 is 18.3 Å². The second-order valence-corrected chi connectivity index (χ2v) is 11.1. The molecule has 0 aliphatic carbocycles. The van der Waals surface area contributed by atoms with Gasteiger partial charge in [0.2, 0.25) is 0 Å². The van der Waals surface area contributed by atoms with Crippen LogP contribution >= 0.6 is 37.2 Å². The van der Waals surface area contributed by atoms with Gasteiger partial charge in [-0.2, -0.15) is 26.3 Å². The molecule has 2 N–H and O–H groups in total. The number of nitrogens with one attached hydrogen (secondary N) is 1. The number of rotatable bonds is 8. The molecule has 5 rings (SSSR count). The van der Waals surface area contributed by atoms with Crippen molar-refractivity contribution in [3.63, 3.8) is 0 Å². The summed E-state index contributed by atoms with van der Waals surface area (Å²) < 4.78 is 81.4. The molecule has 2 saturated heterocycles. The van der Waals surface area contributed by atoms with Gasteiger partial charge in [-0.15, -0.1) is 37.2 Å². The monoisotopic (exact) mass is 743 g/mol. The number of nitrogens with zero attached hydrogens (tertiary/aromatic N) is 4. The topological polar surface area (TPSA) is 89.0 Å². The highest BCUT2D eigenvalue weighted by Gasteiger charge is 2.45. The summed E-state index contributed by atoms with van der Waals surface area (Å²) >= 11 is 0. The van der Waals surface area contributed by atoms with Crippen LogP contribution in [0.5, 0.6) is 0 Å². The number of amides is 1. The Morgan fingerprint density at radius 2 is 1.56 bits per heavy atom. The third-order valence-corrected chi connectivity index (χ3v) is 8.07. The van der Waals surface area contributed by atoms with Gasteiger partial charge in [0, 0.05) is 55.7 Å². The number of hydrogen-bond acceptors (Lipinski definition) is 6. The zero-order chi connectivity index (χ0) is 32.4. The van der Waals surface area contributed by atoms with Crippen molar-refractivity contribution in [3.8, 4) is 11.1 Å². The van der Waals surface area contributed by atoms with E-state index in [-0.39, 0.29) is 80.2 Å². The molecule has 2 aliphatic rings. The molecular weight excluding hydrogens is 711 g/mol. The molecular formula is C31H34Cl3F6N5O3. The Balaban J connectivity index is 0.00000267. The summed E-state index contributed by atoms with van der Waals surface area (Å²) in [5, 5.41) is 11.6. The highest BCUT2D eigenvalue weighted by Crippen LogP contribution is 2.37. The summed E-state index contributed by atoms with van der Waals surface area (Å²) in [7, 11) is 0. The van der Waals surface area contributed by atoms with Crippen molar-refractivity contribution in [1.29, 1.82) is 0 Å². The normalized spacial score (nSPS) is 17.1. The van der Waals surface area contributed by atoms with Crippen LogP contribution in [0.2, 0.25) is 0 Å². The summed E-state index contributed by atoms with van der Waals surface area (Å²) in [6.45, 7) is 2.35. The Hall–Kier alpha value is -3.30. The van der Waals surface area contributed by atoms with Crippen molar-refractivity contribution in [1.82, 2.24) is 14.8 Å². The van der Waals surface area contributed by atoms with Crippen LogP contribution in [0.4, 0.5) is 37.8 Å². The SMILES string of the molecule is Cl.Cl.Cl.O=C(O)CN1CCN(c2ccc(C(=O)Nc3cc(CN4CCC[C@H]4C(F)(F)F)c(-c4cccc(C(F)(F)F)c4)cn3)cc2)CC1. The maximum Gasteiger partial charge on any atom is 0.416 e. The Morgan fingerprint density at radius 1 is 0.896 bits per heavy atom. The number of likely N-dealkylation sites (tertiary alicyclic amines) is 1. The van der Waals surface area contributed by atoms with Gasteiger partial charge in [-0.25, -0.2) is 4.98 Å². The van der Waals surface area contributed by atoms with Crippen LogP contribution in [-0.2, 0) is 17.5 Å². The summed E-state index contributed by atoms with van der Waals surface area (Å²) in [6, 6.07) is 11.0. The first kappa shape index (κ1) is 40.9. The van der Waals surface area contributed by atoms with E-state index in [2.05, 4.69) is 15.2 Å². The second kappa shape index (κ2) is 16.9. The number of carbonyl (C=O) groups excluding carboxylic acids is 1. The lowest BCUT2D eigenvalue weighted by molar-refractivity contribution is -0.177. The van der Waals surface area contributed by atoms with Crippen LogP contribution in [0.25, 0.3) is 11.1 Å². The molecule has 0 spiro atoms. The lowest BCUT2D eigenvalue weighted by Gasteiger charge is -2.35. The van der Waals surface area contributed by atoms with Gasteiger partial charge in [0.25, 0.3) is 5.91 Å². The molecule has 2 fully saturated rings. The predicted octanol–water partition coefficient (Wildman–Crippen LogP) is 7.02. The standard InChI is InChI=1S/C31H31F6N5O3.3ClH/c32-30(33,34)23-4-1-3-21(15-23)25-17-38-27(16-22(25)18-42-10-2-5-26(42)31(35,36)37)39-29(45)20-6-8-24(9-7-20)41-13-11-40(12-14-41)19-28(43)44;;;/h1,3-4,6-9,15-17,26H,2,5,10-14,18-19H2,(H,43,44)(H,38,39,45);3*1H/t26-;;;/m0.../s1. The Morgan fingerprint density at radius 3 is 2.17 bits per heavy atom. The Labute approximate surface area is 291 Å². The van der Waals surface area contributed by atoms with E-state index in [1.165, 1.54) is 29.3 Å². The molecule has 48 heavy (non-hydrogen) atoms. The molecule has 0 saturated carbocycles. The average Bonchev–Trinajstić information content (AvgIpc) is 3.46. The number of pyridine rings is 1. The molecule has 2 aliphatic heterocycles. The molecule has 1 aromatic heterocycles. The number of benzene rings is 2. The molecule has 1 amide bonds. The highest BCUT2D eigenvalue weighted by atomic mass is 35.5. The minimum Gasteiger partial charge on any atom is -0.480 e. The van der Waals surface area contributed by atoms with E-state index < -0.39 is 35.8 Å². The smallest absolute Gasteiger partial charge is 0.416 e. The summed E-state index contributed by atoms with van der Waals surface area (Å²) in [6.07, 6.45) is -7.56. The summed E-state index contributed by atoms with van der Waals surface area (Å²) in [5.41, 5.74) is 0.936. The van der Waals surface area contributed by atoms with Crippen LogP contribution in [0.3, 0.4) is 0 Å². The number of alkyl halides is 6. The van der Waals surface area contributed by atoms with E-state index in [9.17, 15) is 35.9 Å². The number of hydrogen-bond donors (Lipinski definition) is 2. The van der Waals surface area contributed by atoms with Gasteiger partial charge in [-0.3, -0.25) is 19.4 Å². The van der Waals surface area contributed by atoms with Gasteiger partial charge in [-0.05, 0) is 73.0 Å². The Kier molecular flexibility index (Phi) is 14.4. The summed E-state index contributed by atoms with van der Waals surface area (Å²) in [5.74, 6) is -1.35. The minimum absolute atomic E-state index is 0. The minimum atomic E-state index is -4.61. The first-order valence-electron chi connectivity index (χ1n) is 14.4. The fourth-order valence-electron chi connectivity index (χ4n) is 5.79. The average molecular weight is 745 g/mol. The van der Waals surface area contributed by atoms with Crippen LogP contribution in [-0.4, -0.2) is 83.3 Å². The predicted molar refractivity (Wildman–Crippen MR) is 177 cm³/mol. The third kappa shape index (κ3) is 10.1. The van der Waals surface area contributed by atoms with Crippen molar-refractivity contribution in [2.24, 2.45) is 0 Å². The maximum atomic E-state index is 13.7. The first-order chi connectivity index (χ1) is 21.3. The molecule has 0 radical (unpaired) electrons. The van der Waals surface area contributed by atoms with Crippen molar-refractivity contribution in [2.75, 3.05) is 49.5 Å². The lowest BCUT2D eigenvalue weighted by atomic mass is 9.99. The lowest BCUT2D eigenvalue weighted by Crippen LogP contribution is -2.47. The summed E-state index contributed by atoms with van der Waals surface area (Å²) in [4.78, 5) is 33.4. The van der Waals surface area contributed by atoms with Gasteiger partial charge in [-0.1, -0.05) is 12.1 Å². The molecule has 3 aromatic rings. The van der Waals surface area contributed by atoms with Gasteiger partial charge < -0.3 is 15.3 Å². The van der Waals surface area contributed by atoms with Crippen molar-refractivity contribution < 1.29 is 41.0 Å². The van der Waals surface area contributed by atoms with Crippen molar-refractivity contribution >= 4 is 60.6 Å². The number of halogens is 9. The zero-order valence-corrected chi connectivity index (χ0v) is 27.7. The van der Waals surface area contributed by atoms with E-state index in [0.29, 0.717) is 43.7 Å². The molecule has 8 nitrogen and oxygen atoms in total. The van der Waals surface area contributed by atoms with E-state index in [1.54, 1.807) is 24.3 Å². The van der Waals surface area contributed by atoms with Crippen LogP contribution in [0.1, 0.15) is 34.3 Å². The molecule has 3 heterocycles. The molecule has 264 valence electrons. The molecule has 1 atom stereocenters. The largest absolute Gasteiger partial charge is 0.480 e. The number of anilines is 2. The van der Waals surface area contributed by atoms with Gasteiger partial charge in [0.1, 0.15) is 11.9 Å². The first-order valence-corrected chi connectivity index (χ1v) is 14.4. The molecule has 0 bridgehead atoms.